The fourth-order valence-corrected chi connectivity index (χ4v) is 5.25. The summed E-state index contributed by atoms with van der Waals surface area (Å²) >= 11 is 1.69. The molecule has 1 saturated heterocycles. The Labute approximate surface area is 190 Å². The van der Waals surface area contributed by atoms with Gasteiger partial charge in [0, 0.05) is 49.4 Å². The second-order valence-corrected chi connectivity index (χ2v) is 9.51. The molecule has 2 aliphatic heterocycles. The molecule has 1 unspecified atom stereocenters. The molecule has 1 aromatic heterocycles. The molecule has 2 aromatic rings. The fourth-order valence-electron chi connectivity index (χ4n) is 4.06. The van der Waals surface area contributed by atoms with Gasteiger partial charge in [-0.3, -0.25) is 9.59 Å². The van der Waals surface area contributed by atoms with E-state index in [0.717, 1.165) is 34.7 Å². The minimum Gasteiger partial charge on any atom is -0.380 e. The van der Waals surface area contributed by atoms with E-state index in [0.29, 0.717) is 31.4 Å². The molecule has 1 aromatic carbocycles. The number of aromatic nitrogens is 2. The number of aliphatic hydroxyl groups is 2. The monoisotopic (exact) mass is 459 g/mol. The number of aryl methyl sites for hydroxylation is 1. The number of nitrogens with one attached hydrogen (secondary N) is 2. The number of piperazine rings is 1. The van der Waals surface area contributed by atoms with Crippen LogP contribution < -0.4 is 10.6 Å². The molecule has 4 rings (SSSR count). The van der Waals surface area contributed by atoms with Gasteiger partial charge < -0.3 is 30.3 Å². The first-order chi connectivity index (χ1) is 15.4. The maximum atomic E-state index is 12.3. The fraction of sp³-hybridized carbons (Fsp3) is 0.500. The van der Waals surface area contributed by atoms with Crippen LogP contribution in [0.2, 0.25) is 0 Å². The lowest BCUT2D eigenvalue weighted by molar-refractivity contribution is -0.153. The summed E-state index contributed by atoms with van der Waals surface area (Å²) < 4.78 is 2.21. The molecule has 2 aliphatic rings. The van der Waals surface area contributed by atoms with Crippen molar-refractivity contribution < 1.29 is 19.8 Å². The van der Waals surface area contributed by atoms with Gasteiger partial charge in [-0.25, -0.2) is 4.98 Å². The molecule has 10 heteroatoms. The van der Waals surface area contributed by atoms with Gasteiger partial charge in [0.15, 0.2) is 12.2 Å². The Bertz CT molecular complexity index is 1020. The Morgan fingerprint density at radius 1 is 1.25 bits per heavy atom. The molecule has 0 spiro atoms. The molecule has 32 heavy (non-hydrogen) atoms. The number of hydrogen-bond acceptors (Lipinski definition) is 7. The van der Waals surface area contributed by atoms with Crippen LogP contribution in [0.4, 0.5) is 0 Å². The average Bonchev–Trinajstić information content (AvgIpc) is 3.40. The number of hydrogen-bond donors (Lipinski definition) is 4. The first-order valence-corrected chi connectivity index (χ1v) is 11.7. The van der Waals surface area contributed by atoms with Crippen LogP contribution in [0.5, 0.6) is 0 Å². The van der Waals surface area contributed by atoms with Gasteiger partial charge in [-0.05, 0) is 25.5 Å². The van der Waals surface area contributed by atoms with Gasteiger partial charge >= 0.3 is 0 Å². The standard InChI is InChI=1S/C22H29N5O4S/c1-14-25-17-4-2-3-5-18(17)27(14)13-16-7-6-15(32-16)12-24-21(30)19(28)20(29)22(31)26-10-8-23-9-11-26/h2-6,16,19-20,23,28-29H,7-13H2,1H3,(H,24,30)/t16?,19-,20-/m1/s1. The number of carbonyl (C=O) groups is 2. The highest BCUT2D eigenvalue weighted by molar-refractivity contribution is 8.03. The number of allylic oxidation sites excluding steroid dienone is 1. The number of rotatable bonds is 7. The van der Waals surface area contributed by atoms with Crippen molar-refractivity contribution >= 4 is 34.6 Å². The Kier molecular flexibility index (Phi) is 7.14. The first kappa shape index (κ1) is 22.8. The summed E-state index contributed by atoms with van der Waals surface area (Å²) in [5, 5.41) is 26.4. The molecular formula is C22H29N5O4S. The van der Waals surface area contributed by atoms with E-state index in [2.05, 4.69) is 32.3 Å². The third-order valence-corrected chi connectivity index (χ3v) is 7.13. The van der Waals surface area contributed by atoms with Crippen LogP contribution in [-0.2, 0) is 16.1 Å². The van der Waals surface area contributed by atoms with Gasteiger partial charge in [-0.1, -0.05) is 18.2 Å². The largest absolute Gasteiger partial charge is 0.380 e. The second kappa shape index (κ2) is 10.0. The van der Waals surface area contributed by atoms with E-state index in [9.17, 15) is 19.8 Å². The molecule has 4 N–H and O–H groups in total. The molecule has 0 bridgehead atoms. The third-order valence-electron chi connectivity index (χ3n) is 5.84. The zero-order chi connectivity index (χ0) is 22.7. The van der Waals surface area contributed by atoms with Gasteiger partial charge in [0.2, 0.25) is 0 Å². The van der Waals surface area contributed by atoms with Crippen molar-refractivity contribution in [1.29, 1.82) is 0 Å². The number of amides is 2. The minimum absolute atomic E-state index is 0.259. The zero-order valence-electron chi connectivity index (χ0n) is 18.0. The SMILES string of the molecule is Cc1nc2ccccc2n1CC1CC=C(CNC(=O)[C@H](O)[C@@H](O)C(=O)N2CCNCC2)S1. The maximum Gasteiger partial charge on any atom is 0.254 e. The zero-order valence-corrected chi connectivity index (χ0v) is 18.8. The Morgan fingerprint density at radius 2 is 2.00 bits per heavy atom. The van der Waals surface area contributed by atoms with Crippen LogP contribution in [0.15, 0.2) is 35.2 Å². The highest BCUT2D eigenvalue weighted by atomic mass is 32.2. The van der Waals surface area contributed by atoms with Crippen molar-refractivity contribution in [1.82, 2.24) is 25.1 Å². The van der Waals surface area contributed by atoms with Crippen LogP contribution in [0.3, 0.4) is 0 Å². The van der Waals surface area contributed by atoms with E-state index in [-0.39, 0.29) is 6.54 Å². The summed E-state index contributed by atoms with van der Waals surface area (Å²) in [6.07, 6.45) is -0.601. The van der Waals surface area contributed by atoms with Gasteiger partial charge in [0.05, 0.1) is 11.0 Å². The summed E-state index contributed by atoms with van der Waals surface area (Å²) in [7, 11) is 0. The lowest BCUT2D eigenvalue weighted by atomic mass is 10.1. The minimum atomic E-state index is -1.79. The van der Waals surface area contributed by atoms with Crippen LogP contribution >= 0.6 is 11.8 Å². The van der Waals surface area contributed by atoms with Crippen LogP contribution in [0, 0.1) is 6.92 Å². The topological polar surface area (TPSA) is 120 Å². The van der Waals surface area contributed by atoms with Crippen molar-refractivity contribution in [2.75, 3.05) is 32.7 Å². The molecule has 9 nitrogen and oxygen atoms in total. The molecule has 3 heterocycles. The quantitative estimate of drug-likeness (QED) is 0.460. The van der Waals surface area contributed by atoms with E-state index in [1.165, 1.54) is 4.90 Å². The third kappa shape index (κ3) is 4.98. The number of aliphatic hydroxyl groups excluding tert-OH is 2. The summed E-state index contributed by atoms with van der Waals surface area (Å²) in [6.45, 7) is 5.22. The summed E-state index contributed by atoms with van der Waals surface area (Å²) in [5.41, 5.74) is 2.09. The summed E-state index contributed by atoms with van der Waals surface area (Å²) in [5.74, 6) is -0.395. The van der Waals surface area contributed by atoms with Crippen LogP contribution in [-0.4, -0.2) is 86.7 Å². The van der Waals surface area contributed by atoms with Crippen molar-refractivity contribution in [2.24, 2.45) is 0 Å². The first-order valence-electron chi connectivity index (χ1n) is 10.8. The van der Waals surface area contributed by atoms with Gasteiger partial charge in [-0.15, -0.1) is 11.8 Å². The van der Waals surface area contributed by atoms with Crippen molar-refractivity contribution in [3.63, 3.8) is 0 Å². The lowest BCUT2D eigenvalue weighted by Gasteiger charge is -2.30. The van der Waals surface area contributed by atoms with Gasteiger partial charge in [0.1, 0.15) is 5.82 Å². The number of thioether (sulfide) groups is 1. The van der Waals surface area contributed by atoms with Gasteiger partial charge in [0.25, 0.3) is 11.8 Å². The number of carbonyl (C=O) groups excluding carboxylic acids is 2. The molecular weight excluding hydrogens is 430 g/mol. The smallest absolute Gasteiger partial charge is 0.254 e. The Morgan fingerprint density at radius 3 is 2.78 bits per heavy atom. The number of para-hydroxylation sites is 2. The van der Waals surface area contributed by atoms with E-state index >= 15 is 0 Å². The van der Waals surface area contributed by atoms with Gasteiger partial charge in [-0.2, -0.15) is 0 Å². The highest BCUT2D eigenvalue weighted by Crippen LogP contribution is 2.33. The van der Waals surface area contributed by atoms with E-state index in [1.54, 1.807) is 11.8 Å². The Balaban J connectivity index is 1.26. The summed E-state index contributed by atoms with van der Waals surface area (Å²) in [4.78, 5) is 31.7. The van der Waals surface area contributed by atoms with Crippen LogP contribution in [0.25, 0.3) is 11.0 Å². The van der Waals surface area contributed by atoms with Crippen molar-refractivity contribution in [2.45, 2.75) is 37.3 Å². The second-order valence-electron chi connectivity index (χ2n) is 8.09. The molecule has 2 amide bonds. The van der Waals surface area contributed by atoms with Crippen molar-refractivity contribution in [3.05, 3.63) is 41.1 Å². The molecule has 0 radical (unpaired) electrons. The van der Waals surface area contributed by atoms with E-state index in [1.807, 2.05) is 25.1 Å². The normalized spacial score (nSPS) is 20.8. The van der Waals surface area contributed by atoms with Crippen molar-refractivity contribution in [3.8, 4) is 0 Å². The average molecular weight is 460 g/mol. The number of fused-ring (bicyclic) bond motifs is 1. The van der Waals surface area contributed by atoms with Crippen LogP contribution in [0.1, 0.15) is 12.2 Å². The predicted octanol–water partition coefficient (Wildman–Crippen LogP) is 0.00392. The van der Waals surface area contributed by atoms with E-state index < -0.39 is 24.0 Å². The maximum absolute atomic E-state index is 12.3. The molecule has 0 aliphatic carbocycles. The summed E-state index contributed by atoms with van der Waals surface area (Å²) in [6, 6.07) is 8.06. The predicted molar refractivity (Wildman–Crippen MR) is 123 cm³/mol. The highest BCUT2D eigenvalue weighted by Gasteiger charge is 2.34. The lowest BCUT2D eigenvalue weighted by Crippen LogP contribution is -2.55. The molecule has 172 valence electrons. The molecule has 1 fully saturated rings. The number of imidazole rings is 1. The number of benzene rings is 1. The van der Waals surface area contributed by atoms with E-state index in [4.69, 9.17) is 0 Å². The number of nitrogens with zero attached hydrogens (tertiary/aromatic N) is 3. The molecule has 3 atom stereocenters. The molecule has 0 saturated carbocycles. The Hall–Kier alpha value is -2.40.